The number of rotatable bonds is 5. The average molecular weight is 366 g/mol. The lowest BCUT2D eigenvalue weighted by Crippen LogP contribution is -2.68. The van der Waals surface area contributed by atoms with E-state index in [2.05, 4.69) is 10.6 Å². The van der Waals surface area contributed by atoms with Gasteiger partial charge in [-0.2, -0.15) is 0 Å². The molecular weight excluding hydrogens is 340 g/mol. The van der Waals surface area contributed by atoms with Crippen molar-refractivity contribution in [2.45, 2.75) is 43.9 Å². The molecule has 1 fully saturated rings. The van der Waals surface area contributed by atoms with E-state index in [9.17, 15) is 24.9 Å². The standard InChI is InChI=1S/C18H26N2O6/c1-10-12(21)13(22)14(23)15(26-10)18(16(24)19-2,17(25)20-3)9-11-7-5-4-6-8-11/h4-8,10,12-15,21-23H,9H2,1-3H3,(H,19,24)(H,20,25)/t10-,12+,13?,14-,15?/m1/s1. The number of aliphatic hydroxyl groups is 3. The Morgan fingerprint density at radius 3 is 2.04 bits per heavy atom. The summed E-state index contributed by atoms with van der Waals surface area (Å²) >= 11 is 0. The second-order valence-electron chi connectivity index (χ2n) is 6.53. The van der Waals surface area contributed by atoms with E-state index in [1.165, 1.54) is 21.0 Å². The van der Waals surface area contributed by atoms with Gasteiger partial charge in [0, 0.05) is 14.1 Å². The summed E-state index contributed by atoms with van der Waals surface area (Å²) in [5.74, 6) is -1.30. The van der Waals surface area contributed by atoms with E-state index >= 15 is 0 Å². The molecule has 1 saturated heterocycles. The predicted octanol–water partition coefficient (Wildman–Crippen LogP) is -1.42. The summed E-state index contributed by atoms with van der Waals surface area (Å²) in [6, 6.07) is 8.86. The molecule has 0 bridgehead atoms. The van der Waals surface area contributed by atoms with Gasteiger partial charge in [-0.25, -0.2) is 0 Å². The summed E-state index contributed by atoms with van der Waals surface area (Å²) in [5.41, 5.74) is -1.15. The first-order chi connectivity index (χ1) is 12.3. The molecule has 1 heterocycles. The molecule has 0 saturated carbocycles. The third kappa shape index (κ3) is 3.45. The summed E-state index contributed by atoms with van der Waals surface area (Å²) in [6.45, 7) is 1.51. The summed E-state index contributed by atoms with van der Waals surface area (Å²) in [6.07, 6.45) is -6.78. The minimum Gasteiger partial charge on any atom is -0.388 e. The summed E-state index contributed by atoms with van der Waals surface area (Å²) < 4.78 is 5.68. The first-order valence-corrected chi connectivity index (χ1v) is 8.47. The number of hydrogen-bond donors (Lipinski definition) is 5. The molecule has 1 aromatic rings. The van der Waals surface area contributed by atoms with Gasteiger partial charge in [-0.3, -0.25) is 9.59 Å². The summed E-state index contributed by atoms with van der Waals surface area (Å²) in [7, 11) is 2.77. The van der Waals surface area contributed by atoms with Crippen LogP contribution in [-0.4, -0.2) is 71.7 Å². The number of ether oxygens (including phenoxy) is 1. The fourth-order valence-electron chi connectivity index (χ4n) is 3.45. The van der Waals surface area contributed by atoms with Gasteiger partial charge in [0.25, 0.3) is 0 Å². The fraction of sp³-hybridized carbons (Fsp3) is 0.556. The SMILES string of the molecule is CNC(=O)C(Cc1ccccc1)(C(=O)NC)C1O[C@H](C)[C@H](O)C(O)[C@H]1O. The van der Waals surface area contributed by atoms with Crippen molar-refractivity contribution in [3.05, 3.63) is 35.9 Å². The Labute approximate surface area is 152 Å². The van der Waals surface area contributed by atoms with Gasteiger partial charge in [0.05, 0.1) is 6.10 Å². The van der Waals surface area contributed by atoms with Crippen LogP contribution in [0.4, 0.5) is 0 Å². The highest BCUT2D eigenvalue weighted by Gasteiger charge is 2.59. The molecule has 0 radical (unpaired) electrons. The molecule has 8 heteroatoms. The monoisotopic (exact) mass is 366 g/mol. The Morgan fingerprint density at radius 1 is 1.00 bits per heavy atom. The molecule has 2 amide bonds. The van der Waals surface area contributed by atoms with Gasteiger partial charge in [-0.15, -0.1) is 0 Å². The third-order valence-electron chi connectivity index (χ3n) is 4.93. The third-order valence-corrected chi connectivity index (χ3v) is 4.93. The average Bonchev–Trinajstić information content (AvgIpc) is 2.67. The maximum Gasteiger partial charge on any atom is 0.238 e. The molecule has 0 aromatic heterocycles. The van der Waals surface area contributed by atoms with E-state index in [-0.39, 0.29) is 6.42 Å². The lowest BCUT2D eigenvalue weighted by molar-refractivity contribution is -0.242. The van der Waals surface area contributed by atoms with E-state index in [0.717, 1.165) is 0 Å². The predicted molar refractivity (Wildman–Crippen MR) is 93.1 cm³/mol. The van der Waals surface area contributed by atoms with Crippen molar-refractivity contribution >= 4 is 11.8 Å². The van der Waals surface area contributed by atoms with Crippen molar-refractivity contribution in [2.75, 3.05) is 14.1 Å². The molecule has 0 aliphatic carbocycles. The topological polar surface area (TPSA) is 128 Å². The van der Waals surface area contributed by atoms with Gasteiger partial charge in [-0.05, 0) is 18.9 Å². The largest absolute Gasteiger partial charge is 0.388 e. The minimum absolute atomic E-state index is 0.0511. The fourth-order valence-corrected chi connectivity index (χ4v) is 3.45. The summed E-state index contributed by atoms with van der Waals surface area (Å²) in [4.78, 5) is 25.7. The molecule has 2 unspecified atom stereocenters. The first-order valence-electron chi connectivity index (χ1n) is 8.47. The zero-order valence-electron chi connectivity index (χ0n) is 15.0. The van der Waals surface area contributed by atoms with Crippen LogP contribution >= 0.6 is 0 Å². The molecule has 2 rings (SSSR count). The van der Waals surface area contributed by atoms with Gasteiger partial charge < -0.3 is 30.7 Å². The van der Waals surface area contributed by atoms with Gasteiger partial charge in [-0.1, -0.05) is 30.3 Å². The quantitative estimate of drug-likeness (QED) is 0.407. The number of carbonyl (C=O) groups excluding carboxylic acids is 2. The van der Waals surface area contributed by atoms with Crippen LogP contribution < -0.4 is 10.6 Å². The van der Waals surface area contributed by atoms with E-state index in [1.807, 2.05) is 0 Å². The van der Waals surface area contributed by atoms with Crippen molar-refractivity contribution in [1.29, 1.82) is 0 Å². The van der Waals surface area contributed by atoms with Crippen LogP contribution in [-0.2, 0) is 20.7 Å². The van der Waals surface area contributed by atoms with Gasteiger partial charge in [0.1, 0.15) is 24.4 Å². The first kappa shape index (κ1) is 20.3. The molecule has 144 valence electrons. The lowest BCUT2D eigenvalue weighted by atomic mass is 9.70. The Hall–Kier alpha value is -2.00. The van der Waals surface area contributed by atoms with Crippen molar-refractivity contribution in [3.63, 3.8) is 0 Å². The molecule has 8 nitrogen and oxygen atoms in total. The molecular formula is C18H26N2O6. The molecule has 5 atom stereocenters. The highest BCUT2D eigenvalue weighted by atomic mass is 16.5. The van der Waals surface area contributed by atoms with Crippen molar-refractivity contribution < 1.29 is 29.6 Å². The zero-order chi connectivity index (χ0) is 19.5. The number of benzene rings is 1. The highest BCUT2D eigenvalue weighted by Crippen LogP contribution is 2.37. The maximum atomic E-state index is 12.9. The molecule has 26 heavy (non-hydrogen) atoms. The maximum absolute atomic E-state index is 12.9. The van der Waals surface area contributed by atoms with Crippen LogP contribution in [0.5, 0.6) is 0 Å². The number of carbonyl (C=O) groups is 2. The van der Waals surface area contributed by atoms with E-state index < -0.39 is 47.7 Å². The van der Waals surface area contributed by atoms with Crippen molar-refractivity contribution in [2.24, 2.45) is 5.41 Å². The van der Waals surface area contributed by atoms with Crippen LogP contribution in [0.15, 0.2) is 30.3 Å². The van der Waals surface area contributed by atoms with Gasteiger partial charge in [0.2, 0.25) is 11.8 Å². The molecule has 1 aliphatic heterocycles. The number of amides is 2. The molecule has 1 aliphatic rings. The second-order valence-corrected chi connectivity index (χ2v) is 6.53. The van der Waals surface area contributed by atoms with Gasteiger partial charge in [0.15, 0.2) is 5.41 Å². The number of nitrogens with one attached hydrogen (secondary N) is 2. The van der Waals surface area contributed by atoms with Crippen molar-refractivity contribution in [1.82, 2.24) is 10.6 Å². The molecule has 1 aromatic carbocycles. The van der Waals surface area contributed by atoms with Crippen LogP contribution in [0.1, 0.15) is 12.5 Å². The normalized spacial score (nSPS) is 29.1. The Balaban J connectivity index is 2.57. The van der Waals surface area contributed by atoms with Crippen LogP contribution in [0.2, 0.25) is 0 Å². The van der Waals surface area contributed by atoms with Crippen molar-refractivity contribution in [3.8, 4) is 0 Å². The zero-order valence-corrected chi connectivity index (χ0v) is 15.0. The smallest absolute Gasteiger partial charge is 0.238 e. The Morgan fingerprint density at radius 2 is 1.54 bits per heavy atom. The number of aliphatic hydroxyl groups excluding tert-OH is 3. The molecule has 0 spiro atoms. The lowest BCUT2D eigenvalue weighted by Gasteiger charge is -2.47. The van der Waals surface area contributed by atoms with Crippen LogP contribution in [0, 0.1) is 5.41 Å². The minimum atomic E-state index is -1.83. The van der Waals surface area contributed by atoms with Crippen LogP contribution in [0.25, 0.3) is 0 Å². The number of hydrogen-bond acceptors (Lipinski definition) is 6. The van der Waals surface area contributed by atoms with Gasteiger partial charge >= 0.3 is 0 Å². The molecule has 5 N–H and O–H groups in total. The summed E-state index contributed by atoms with van der Waals surface area (Å²) in [5, 5.41) is 35.6. The van der Waals surface area contributed by atoms with E-state index in [0.29, 0.717) is 5.56 Å². The Kier molecular flexibility index (Phi) is 6.35. The van der Waals surface area contributed by atoms with E-state index in [4.69, 9.17) is 4.74 Å². The van der Waals surface area contributed by atoms with Crippen LogP contribution in [0.3, 0.4) is 0 Å². The highest BCUT2D eigenvalue weighted by molar-refractivity contribution is 6.06. The second kappa shape index (κ2) is 8.13. The Bertz CT molecular complexity index is 622. The van der Waals surface area contributed by atoms with E-state index in [1.54, 1.807) is 30.3 Å².